The van der Waals surface area contributed by atoms with Gasteiger partial charge in [0.05, 0.1) is 5.69 Å². The molecule has 0 bridgehead atoms. The van der Waals surface area contributed by atoms with Crippen LogP contribution in [-0.4, -0.2) is 21.8 Å². The van der Waals surface area contributed by atoms with Gasteiger partial charge in [-0.2, -0.15) is 4.98 Å². The number of hydrogen-bond donors (Lipinski definition) is 1. The van der Waals surface area contributed by atoms with Gasteiger partial charge in [-0.15, -0.1) is 0 Å². The molecule has 8 heteroatoms. The fraction of sp³-hybridized carbons (Fsp3) is 0.0833. The first-order valence-corrected chi connectivity index (χ1v) is 11.2. The minimum absolute atomic E-state index is 0.121. The molecule has 0 aliphatic heterocycles. The number of ketones is 1. The summed E-state index contributed by atoms with van der Waals surface area (Å²) in [6.07, 6.45) is 0.397. The Balaban J connectivity index is 1.43. The predicted molar refractivity (Wildman–Crippen MR) is 131 cm³/mol. The van der Waals surface area contributed by atoms with Crippen LogP contribution in [0.2, 0.25) is 5.02 Å². The fourth-order valence-electron chi connectivity index (χ4n) is 3.06. The normalized spacial score (nSPS) is 10.7. The topological polar surface area (TPSA) is 85.1 Å². The predicted octanol–water partition coefficient (Wildman–Crippen LogP) is 5.80. The van der Waals surface area contributed by atoms with Crippen molar-refractivity contribution >= 4 is 51.6 Å². The number of carbonyl (C=O) groups is 2. The standard InChI is InChI=1S/C24H17ClIN3O3/c25-17-8-11-20(19(14-17)23(31)15-4-2-1-3-5-15)27-21(30)12-13-22-28-24(29-32-22)16-6-9-18(26)10-7-16/h1-11,14H,12-13H2,(H,27,30). The van der Waals surface area contributed by atoms with Gasteiger partial charge >= 0.3 is 0 Å². The molecular formula is C24H17ClIN3O3. The van der Waals surface area contributed by atoms with Crippen LogP contribution in [0.4, 0.5) is 5.69 Å². The Labute approximate surface area is 203 Å². The molecule has 1 aromatic heterocycles. The van der Waals surface area contributed by atoms with Crippen molar-refractivity contribution in [2.24, 2.45) is 0 Å². The van der Waals surface area contributed by atoms with Crippen LogP contribution < -0.4 is 5.32 Å². The molecule has 0 aliphatic carbocycles. The van der Waals surface area contributed by atoms with Gasteiger partial charge in [-0.3, -0.25) is 9.59 Å². The summed E-state index contributed by atoms with van der Waals surface area (Å²) in [7, 11) is 0. The number of aryl methyl sites for hydroxylation is 1. The van der Waals surface area contributed by atoms with Crippen molar-refractivity contribution in [2.75, 3.05) is 5.32 Å². The molecule has 1 heterocycles. The minimum atomic E-state index is -0.275. The number of carbonyl (C=O) groups excluding carboxylic acids is 2. The van der Waals surface area contributed by atoms with Crippen molar-refractivity contribution in [3.8, 4) is 11.4 Å². The third kappa shape index (κ3) is 5.41. The number of rotatable bonds is 7. The molecule has 0 fully saturated rings. The highest BCUT2D eigenvalue weighted by atomic mass is 127. The van der Waals surface area contributed by atoms with Crippen molar-refractivity contribution in [1.82, 2.24) is 10.1 Å². The summed E-state index contributed by atoms with van der Waals surface area (Å²) in [5.74, 6) is 0.349. The lowest BCUT2D eigenvalue weighted by Crippen LogP contribution is -2.15. The number of hydrogen-bond acceptors (Lipinski definition) is 5. The zero-order valence-corrected chi connectivity index (χ0v) is 19.6. The van der Waals surface area contributed by atoms with E-state index < -0.39 is 0 Å². The second-order valence-corrected chi connectivity index (χ2v) is 8.63. The average molecular weight is 558 g/mol. The maximum Gasteiger partial charge on any atom is 0.227 e. The summed E-state index contributed by atoms with van der Waals surface area (Å²) >= 11 is 8.32. The lowest BCUT2D eigenvalue weighted by molar-refractivity contribution is -0.116. The van der Waals surface area contributed by atoms with Crippen molar-refractivity contribution in [3.05, 3.63) is 98.4 Å². The highest BCUT2D eigenvalue weighted by Gasteiger charge is 2.17. The number of nitrogens with zero attached hydrogens (tertiary/aromatic N) is 2. The SMILES string of the molecule is O=C(CCc1nc(-c2ccc(I)cc2)no1)Nc1ccc(Cl)cc1C(=O)c1ccccc1. The van der Waals surface area contributed by atoms with E-state index in [1.165, 1.54) is 0 Å². The average Bonchev–Trinajstić information content (AvgIpc) is 3.28. The van der Waals surface area contributed by atoms with Crippen molar-refractivity contribution in [3.63, 3.8) is 0 Å². The molecule has 0 unspecified atom stereocenters. The summed E-state index contributed by atoms with van der Waals surface area (Å²) in [5, 5.41) is 7.19. The first kappa shape index (κ1) is 22.2. The molecule has 1 N–H and O–H groups in total. The minimum Gasteiger partial charge on any atom is -0.339 e. The molecule has 4 rings (SSSR count). The molecule has 0 saturated heterocycles. The van der Waals surface area contributed by atoms with Gasteiger partial charge in [0.2, 0.25) is 17.6 Å². The van der Waals surface area contributed by atoms with Gasteiger partial charge in [-0.05, 0) is 52.9 Å². The summed E-state index contributed by atoms with van der Waals surface area (Å²) in [6, 6.07) is 21.4. The largest absolute Gasteiger partial charge is 0.339 e. The number of nitrogens with one attached hydrogen (secondary N) is 1. The van der Waals surface area contributed by atoms with Crippen LogP contribution in [0.25, 0.3) is 11.4 Å². The molecular weight excluding hydrogens is 541 g/mol. The number of aromatic nitrogens is 2. The lowest BCUT2D eigenvalue weighted by Gasteiger charge is -2.11. The molecule has 3 aromatic carbocycles. The lowest BCUT2D eigenvalue weighted by atomic mass is 10.0. The van der Waals surface area contributed by atoms with Gasteiger partial charge in [0.25, 0.3) is 0 Å². The smallest absolute Gasteiger partial charge is 0.227 e. The summed E-state index contributed by atoms with van der Waals surface area (Å²) in [6.45, 7) is 0. The van der Waals surface area contributed by atoms with E-state index in [9.17, 15) is 9.59 Å². The van der Waals surface area contributed by atoms with Crippen LogP contribution in [0, 0.1) is 3.57 Å². The number of halogens is 2. The number of anilines is 1. The van der Waals surface area contributed by atoms with E-state index in [2.05, 4.69) is 38.0 Å². The highest BCUT2D eigenvalue weighted by Crippen LogP contribution is 2.24. The van der Waals surface area contributed by atoms with Gasteiger partial charge in [0, 0.05) is 38.1 Å². The number of amides is 1. The van der Waals surface area contributed by atoms with Crippen molar-refractivity contribution in [1.29, 1.82) is 0 Å². The zero-order chi connectivity index (χ0) is 22.5. The van der Waals surface area contributed by atoms with Crippen molar-refractivity contribution in [2.45, 2.75) is 12.8 Å². The quantitative estimate of drug-likeness (QED) is 0.229. The van der Waals surface area contributed by atoms with Crippen LogP contribution in [0.15, 0.2) is 77.3 Å². The Morgan fingerprint density at radius 2 is 1.75 bits per heavy atom. The molecule has 6 nitrogen and oxygen atoms in total. The molecule has 4 aromatic rings. The van der Waals surface area contributed by atoms with Gasteiger partial charge in [-0.25, -0.2) is 0 Å². The van der Waals surface area contributed by atoms with Crippen LogP contribution >= 0.6 is 34.2 Å². The molecule has 0 aliphatic rings. The first-order chi connectivity index (χ1) is 15.5. The second kappa shape index (κ2) is 10.1. The summed E-state index contributed by atoms with van der Waals surface area (Å²) in [4.78, 5) is 29.8. The Kier molecular flexibility index (Phi) is 6.96. The van der Waals surface area contributed by atoms with Gasteiger partial charge in [-0.1, -0.05) is 59.2 Å². The first-order valence-electron chi connectivity index (χ1n) is 9.77. The van der Waals surface area contributed by atoms with E-state index in [-0.39, 0.29) is 24.5 Å². The third-order valence-corrected chi connectivity index (χ3v) is 5.63. The molecule has 1 amide bonds. The molecule has 160 valence electrons. The summed E-state index contributed by atoms with van der Waals surface area (Å²) < 4.78 is 6.38. The van der Waals surface area contributed by atoms with Crippen LogP contribution in [0.3, 0.4) is 0 Å². The second-order valence-electron chi connectivity index (χ2n) is 6.95. The van der Waals surface area contributed by atoms with E-state index >= 15 is 0 Å². The van der Waals surface area contributed by atoms with E-state index in [1.54, 1.807) is 42.5 Å². The van der Waals surface area contributed by atoms with Crippen LogP contribution in [0.1, 0.15) is 28.2 Å². The van der Waals surface area contributed by atoms with Gasteiger partial charge in [0.1, 0.15) is 0 Å². The third-order valence-electron chi connectivity index (χ3n) is 4.67. The Morgan fingerprint density at radius 1 is 1.00 bits per heavy atom. The fourth-order valence-corrected chi connectivity index (χ4v) is 3.60. The van der Waals surface area contributed by atoms with E-state index in [1.807, 2.05) is 30.3 Å². The van der Waals surface area contributed by atoms with E-state index in [0.29, 0.717) is 33.6 Å². The zero-order valence-electron chi connectivity index (χ0n) is 16.7. The number of benzene rings is 3. The van der Waals surface area contributed by atoms with E-state index in [4.69, 9.17) is 16.1 Å². The van der Waals surface area contributed by atoms with Gasteiger partial charge < -0.3 is 9.84 Å². The maximum absolute atomic E-state index is 12.9. The molecule has 0 spiro atoms. The molecule has 0 saturated carbocycles. The van der Waals surface area contributed by atoms with E-state index in [0.717, 1.165) is 9.13 Å². The molecule has 0 radical (unpaired) electrons. The van der Waals surface area contributed by atoms with Crippen molar-refractivity contribution < 1.29 is 14.1 Å². The monoisotopic (exact) mass is 557 g/mol. The Morgan fingerprint density at radius 3 is 2.50 bits per heavy atom. The Hall–Kier alpha value is -3.04. The van der Waals surface area contributed by atoms with Crippen LogP contribution in [-0.2, 0) is 11.2 Å². The summed E-state index contributed by atoms with van der Waals surface area (Å²) in [5.41, 5.74) is 2.09. The maximum atomic E-state index is 12.9. The molecule has 0 atom stereocenters. The highest BCUT2D eigenvalue weighted by molar-refractivity contribution is 14.1. The van der Waals surface area contributed by atoms with Crippen LogP contribution in [0.5, 0.6) is 0 Å². The molecule has 32 heavy (non-hydrogen) atoms. The van der Waals surface area contributed by atoms with Gasteiger partial charge in [0.15, 0.2) is 5.78 Å². The Bertz CT molecular complexity index is 1260.